The van der Waals surface area contributed by atoms with Crippen molar-refractivity contribution in [1.29, 1.82) is 0 Å². The van der Waals surface area contributed by atoms with Crippen LogP contribution in [0, 0.1) is 0 Å². The van der Waals surface area contributed by atoms with Crippen molar-refractivity contribution < 1.29 is 22.0 Å². The van der Waals surface area contributed by atoms with Crippen molar-refractivity contribution in [3.63, 3.8) is 0 Å². The molecule has 0 aliphatic rings. The number of halogens is 5. The predicted octanol–water partition coefficient (Wildman–Crippen LogP) is 1.42. The summed E-state index contributed by atoms with van der Waals surface area (Å²) in [5, 5.41) is 0. The summed E-state index contributed by atoms with van der Waals surface area (Å²) in [6.07, 6.45) is -4.95. The Morgan fingerprint density at radius 3 is 2.27 bits per heavy atom. The van der Waals surface area contributed by atoms with Gasteiger partial charge >= 0.3 is 12.1 Å². The Kier molecular flexibility index (Phi) is 2.75. The maximum absolute atomic E-state index is 12.7. The maximum Gasteiger partial charge on any atom is 0.459 e. The van der Waals surface area contributed by atoms with Crippen LogP contribution in [0.4, 0.5) is 27.9 Å². The van der Waals surface area contributed by atoms with E-state index in [0.29, 0.717) is 6.07 Å². The van der Waals surface area contributed by atoms with Crippen LogP contribution in [0.3, 0.4) is 0 Å². The first-order chi connectivity index (χ1) is 6.79. The van der Waals surface area contributed by atoms with E-state index >= 15 is 0 Å². The molecule has 0 atom stereocenters. The van der Waals surface area contributed by atoms with Crippen LogP contribution in [0.2, 0.25) is 0 Å². The van der Waals surface area contributed by atoms with Crippen LogP contribution in [0.5, 0.6) is 0 Å². The summed E-state index contributed by atoms with van der Waals surface area (Å²) in [6.45, 7) is 0. The van der Waals surface area contributed by atoms with Crippen molar-refractivity contribution >= 4 is 5.95 Å². The van der Waals surface area contributed by atoms with Crippen molar-refractivity contribution in [3.05, 3.63) is 18.0 Å². The van der Waals surface area contributed by atoms with Crippen LogP contribution < -0.4 is 11.3 Å². The largest absolute Gasteiger partial charge is 0.459 e. The van der Waals surface area contributed by atoms with E-state index in [-0.39, 0.29) is 0 Å². The summed E-state index contributed by atoms with van der Waals surface area (Å²) in [7, 11) is 0. The average molecular weight is 228 g/mol. The number of hydrazine groups is 1. The number of nitrogens with one attached hydrogen (secondary N) is 1. The van der Waals surface area contributed by atoms with Gasteiger partial charge in [-0.2, -0.15) is 22.0 Å². The summed E-state index contributed by atoms with van der Waals surface area (Å²) in [4.78, 5) is 6.22. The van der Waals surface area contributed by atoms with Crippen molar-refractivity contribution in [3.8, 4) is 0 Å². The molecule has 1 heterocycles. The minimum absolute atomic E-state index is 0.467. The zero-order valence-corrected chi connectivity index (χ0v) is 7.02. The zero-order valence-electron chi connectivity index (χ0n) is 7.02. The minimum atomic E-state index is -5.70. The molecule has 1 aromatic heterocycles. The van der Waals surface area contributed by atoms with Gasteiger partial charge in [-0.15, -0.1) is 0 Å². The molecule has 0 radical (unpaired) electrons. The highest BCUT2D eigenvalue weighted by Gasteiger charge is 2.60. The van der Waals surface area contributed by atoms with Crippen molar-refractivity contribution in [2.75, 3.05) is 5.43 Å². The number of hydrogen-bond donors (Lipinski definition) is 2. The Morgan fingerprint density at radius 2 is 1.80 bits per heavy atom. The van der Waals surface area contributed by atoms with Crippen molar-refractivity contribution in [2.24, 2.45) is 5.84 Å². The van der Waals surface area contributed by atoms with Gasteiger partial charge in [-0.25, -0.2) is 15.8 Å². The molecule has 1 aromatic rings. The van der Waals surface area contributed by atoms with Crippen molar-refractivity contribution in [1.82, 2.24) is 9.97 Å². The summed E-state index contributed by atoms with van der Waals surface area (Å²) >= 11 is 0. The molecule has 15 heavy (non-hydrogen) atoms. The molecule has 4 nitrogen and oxygen atoms in total. The van der Waals surface area contributed by atoms with Crippen LogP contribution in [-0.2, 0) is 5.92 Å². The van der Waals surface area contributed by atoms with Gasteiger partial charge in [0.15, 0.2) is 0 Å². The average Bonchev–Trinajstić information content (AvgIpc) is 2.16. The van der Waals surface area contributed by atoms with E-state index in [9.17, 15) is 22.0 Å². The lowest BCUT2D eigenvalue weighted by Crippen LogP contribution is -2.34. The van der Waals surface area contributed by atoms with Gasteiger partial charge < -0.3 is 0 Å². The number of nitrogens with two attached hydrogens (primary N) is 1. The van der Waals surface area contributed by atoms with Gasteiger partial charge in [0.05, 0.1) is 0 Å². The summed E-state index contributed by atoms with van der Waals surface area (Å²) < 4.78 is 61.1. The van der Waals surface area contributed by atoms with Gasteiger partial charge in [0.25, 0.3) is 0 Å². The lowest BCUT2D eigenvalue weighted by atomic mass is 10.2. The molecule has 84 valence electrons. The van der Waals surface area contributed by atoms with Crippen LogP contribution >= 0.6 is 0 Å². The second-order valence-corrected chi connectivity index (χ2v) is 2.48. The molecule has 0 spiro atoms. The Labute approximate surface area is 80.3 Å². The Balaban J connectivity index is 3.15. The minimum Gasteiger partial charge on any atom is -0.292 e. The molecule has 0 unspecified atom stereocenters. The molecule has 0 aliphatic heterocycles. The van der Waals surface area contributed by atoms with Gasteiger partial charge in [-0.3, -0.25) is 5.43 Å². The number of nitrogens with zero attached hydrogens (tertiary/aromatic N) is 2. The van der Waals surface area contributed by atoms with E-state index in [1.807, 2.05) is 0 Å². The fourth-order valence-electron chi connectivity index (χ4n) is 0.748. The van der Waals surface area contributed by atoms with E-state index in [1.165, 1.54) is 0 Å². The van der Waals surface area contributed by atoms with Gasteiger partial charge in [0.1, 0.15) is 5.69 Å². The van der Waals surface area contributed by atoms with E-state index in [4.69, 9.17) is 5.84 Å². The van der Waals surface area contributed by atoms with Crippen LogP contribution in [0.25, 0.3) is 0 Å². The Bertz CT molecular complexity index is 350. The molecular formula is C6H5F5N4. The first kappa shape index (κ1) is 11.6. The highest BCUT2D eigenvalue weighted by molar-refractivity contribution is 5.25. The molecule has 0 saturated carbocycles. The highest BCUT2D eigenvalue weighted by atomic mass is 19.4. The Morgan fingerprint density at radius 1 is 1.20 bits per heavy atom. The van der Waals surface area contributed by atoms with Gasteiger partial charge in [-0.05, 0) is 6.07 Å². The van der Waals surface area contributed by atoms with Crippen molar-refractivity contribution in [2.45, 2.75) is 12.1 Å². The molecule has 3 N–H and O–H groups in total. The van der Waals surface area contributed by atoms with Crippen LogP contribution in [0.1, 0.15) is 5.69 Å². The quantitative estimate of drug-likeness (QED) is 0.456. The van der Waals surface area contributed by atoms with Crippen LogP contribution in [-0.4, -0.2) is 16.1 Å². The topological polar surface area (TPSA) is 63.8 Å². The number of anilines is 1. The third-order valence-electron chi connectivity index (χ3n) is 1.46. The second kappa shape index (κ2) is 3.57. The van der Waals surface area contributed by atoms with Gasteiger partial charge in [0.2, 0.25) is 5.95 Å². The maximum atomic E-state index is 12.7. The first-order valence-corrected chi connectivity index (χ1v) is 3.53. The second-order valence-electron chi connectivity index (χ2n) is 2.48. The smallest absolute Gasteiger partial charge is 0.292 e. The highest BCUT2D eigenvalue weighted by Crippen LogP contribution is 2.42. The predicted molar refractivity (Wildman–Crippen MR) is 39.8 cm³/mol. The molecular weight excluding hydrogens is 223 g/mol. The number of hydrogen-bond acceptors (Lipinski definition) is 4. The number of aromatic nitrogens is 2. The molecule has 1 rings (SSSR count). The number of alkyl halides is 5. The third kappa shape index (κ3) is 2.12. The van der Waals surface area contributed by atoms with E-state index < -0.39 is 23.7 Å². The normalized spacial score (nSPS) is 12.7. The van der Waals surface area contributed by atoms with Gasteiger partial charge in [0, 0.05) is 6.20 Å². The number of rotatable bonds is 2. The summed E-state index contributed by atoms with van der Waals surface area (Å²) in [6, 6.07) is 0.467. The molecule has 0 aliphatic carbocycles. The standard InChI is InChI=1S/C6H5F5N4/c7-5(8,6(9,10)11)3-1-2-13-4(14-3)15-12/h1-2H,12H2,(H,13,14,15). The SMILES string of the molecule is NNc1nccc(C(F)(F)C(F)(F)F)n1. The fraction of sp³-hybridized carbons (Fsp3) is 0.333. The van der Waals surface area contributed by atoms with E-state index in [0.717, 1.165) is 6.20 Å². The Hall–Kier alpha value is -1.51. The molecule has 0 amide bonds. The van der Waals surface area contributed by atoms with Crippen LogP contribution in [0.15, 0.2) is 12.3 Å². The lowest BCUT2D eigenvalue weighted by Gasteiger charge is -2.18. The molecule has 0 fully saturated rings. The fourth-order valence-corrected chi connectivity index (χ4v) is 0.748. The van der Waals surface area contributed by atoms with E-state index in [2.05, 4.69) is 9.97 Å². The molecule has 0 saturated heterocycles. The third-order valence-corrected chi connectivity index (χ3v) is 1.46. The zero-order chi connectivity index (χ0) is 11.7. The van der Waals surface area contributed by atoms with Gasteiger partial charge in [-0.1, -0.05) is 0 Å². The first-order valence-electron chi connectivity index (χ1n) is 3.53. The summed E-state index contributed by atoms with van der Waals surface area (Å²) in [5.74, 6) is -0.774. The van der Waals surface area contributed by atoms with E-state index in [1.54, 1.807) is 5.43 Å². The lowest BCUT2D eigenvalue weighted by molar-refractivity contribution is -0.290. The number of nitrogen functional groups attached to an aromatic ring is 1. The molecule has 0 bridgehead atoms. The monoisotopic (exact) mass is 228 g/mol. The molecule has 9 heteroatoms. The summed E-state index contributed by atoms with van der Waals surface area (Å²) in [5.41, 5.74) is 0.308. The molecule has 0 aromatic carbocycles.